The van der Waals surface area contributed by atoms with Crippen LogP contribution in [0.2, 0.25) is 0 Å². The molecule has 90 valence electrons. The van der Waals surface area contributed by atoms with E-state index in [0.29, 0.717) is 12.1 Å². The number of likely N-dealkylation sites (N-methyl/N-ethyl adjacent to an activating group) is 1. The van der Waals surface area contributed by atoms with Gasteiger partial charge in [-0.15, -0.1) is 0 Å². The molecule has 1 saturated carbocycles. The van der Waals surface area contributed by atoms with Crippen molar-refractivity contribution >= 4 is 0 Å². The highest BCUT2D eigenvalue weighted by Gasteiger charge is 2.24. The fourth-order valence-corrected chi connectivity index (χ4v) is 2.14. The van der Waals surface area contributed by atoms with E-state index in [0.717, 1.165) is 25.9 Å². The summed E-state index contributed by atoms with van der Waals surface area (Å²) in [6.07, 6.45) is 4.36. The van der Waals surface area contributed by atoms with Crippen LogP contribution in [0.5, 0.6) is 0 Å². The Bertz CT molecular complexity index is 175. The predicted octanol–water partition coefficient (Wildman–Crippen LogP) is 1.22. The largest absolute Gasteiger partial charge is 0.392 e. The van der Waals surface area contributed by atoms with Gasteiger partial charge in [0, 0.05) is 25.2 Å². The minimum Gasteiger partial charge on any atom is -0.392 e. The lowest BCUT2D eigenvalue weighted by Gasteiger charge is -2.25. The molecule has 1 unspecified atom stereocenters. The maximum Gasteiger partial charge on any atom is 0.0693 e. The van der Waals surface area contributed by atoms with Gasteiger partial charge in [0.05, 0.1) is 6.10 Å². The minimum absolute atomic E-state index is 0.112. The van der Waals surface area contributed by atoms with Gasteiger partial charge in [-0.25, -0.2) is 0 Å². The lowest BCUT2D eigenvalue weighted by Crippen LogP contribution is -2.41. The molecule has 0 bridgehead atoms. The first-order valence-electron chi connectivity index (χ1n) is 6.26. The highest BCUT2D eigenvalue weighted by Crippen LogP contribution is 2.18. The summed E-state index contributed by atoms with van der Waals surface area (Å²) in [6, 6.07) is 0.996. The van der Waals surface area contributed by atoms with Crippen LogP contribution in [0.15, 0.2) is 0 Å². The van der Waals surface area contributed by atoms with Crippen LogP contribution in [0.4, 0.5) is 0 Å². The summed E-state index contributed by atoms with van der Waals surface area (Å²) < 4.78 is 0. The lowest BCUT2D eigenvalue weighted by atomic mass is 10.2. The molecule has 0 radical (unpaired) electrons. The fraction of sp³-hybridized carbons (Fsp3) is 1.00. The van der Waals surface area contributed by atoms with Crippen LogP contribution in [-0.2, 0) is 0 Å². The summed E-state index contributed by atoms with van der Waals surface area (Å²) in [4.78, 5) is 2.37. The topological polar surface area (TPSA) is 35.5 Å². The normalized spacial score (nSPS) is 28.6. The molecule has 3 atom stereocenters. The second-order valence-corrected chi connectivity index (χ2v) is 4.80. The molecule has 0 spiro atoms. The van der Waals surface area contributed by atoms with Gasteiger partial charge in [0.25, 0.3) is 0 Å². The zero-order valence-electron chi connectivity index (χ0n) is 10.4. The van der Waals surface area contributed by atoms with Gasteiger partial charge >= 0.3 is 0 Å². The molecule has 3 nitrogen and oxygen atoms in total. The van der Waals surface area contributed by atoms with Crippen LogP contribution in [0.1, 0.15) is 39.5 Å². The Labute approximate surface area is 93.9 Å². The second kappa shape index (κ2) is 6.46. The number of hydrogen-bond donors (Lipinski definition) is 2. The lowest BCUT2D eigenvalue weighted by molar-refractivity contribution is 0.145. The molecule has 0 saturated heterocycles. The molecule has 1 aliphatic carbocycles. The van der Waals surface area contributed by atoms with Crippen molar-refractivity contribution in [3.05, 3.63) is 0 Å². The molecule has 0 aromatic carbocycles. The van der Waals surface area contributed by atoms with Crippen molar-refractivity contribution in [2.75, 3.05) is 20.1 Å². The van der Waals surface area contributed by atoms with E-state index in [-0.39, 0.29) is 6.10 Å². The third-order valence-electron chi connectivity index (χ3n) is 3.69. The molecule has 0 heterocycles. The highest BCUT2D eigenvalue weighted by molar-refractivity contribution is 4.82. The molecular weight excluding hydrogens is 188 g/mol. The Morgan fingerprint density at radius 2 is 2.20 bits per heavy atom. The molecule has 0 aromatic rings. The van der Waals surface area contributed by atoms with E-state index in [9.17, 15) is 5.11 Å². The van der Waals surface area contributed by atoms with Crippen LogP contribution in [-0.4, -0.2) is 48.3 Å². The van der Waals surface area contributed by atoms with E-state index in [4.69, 9.17) is 0 Å². The van der Waals surface area contributed by atoms with Crippen LogP contribution >= 0.6 is 0 Å². The van der Waals surface area contributed by atoms with Crippen LogP contribution in [0.25, 0.3) is 0 Å². The maximum absolute atomic E-state index is 9.63. The number of rotatable bonds is 6. The van der Waals surface area contributed by atoms with Crippen molar-refractivity contribution in [2.24, 2.45) is 0 Å². The van der Waals surface area contributed by atoms with Gasteiger partial charge in [-0.2, -0.15) is 0 Å². The molecule has 1 rings (SSSR count). The first kappa shape index (κ1) is 12.9. The molecule has 0 amide bonds. The molecular formula is C12H26N2O. The quantitative estimate of drug-likeness (QED) is 0.698. The third-order valence-corrected chi connectivity index (χ3v) is 3.69. The number of hydrogen-bond acceptors (Lipinski definition) is 3. The fourth-order valence-electron chi connectivity index (χ4n) is 2.14. The van der Waals surface area contributed by atoms with Crippen molar-refractivity contribution < 1.29 is 5.11 Å². The van der Waals surface area contributed by atoms with E-state index in [2.05, 4.69) is 31.1 Å². The first-order chi connectivity index (χ1) is 7.15. The number of nitrogens with zero attached hydrogens (tertiary/aromatic N) is 1. The van der Waals surface area contributed by atoms with Crippen molar-refractivity contribution in [3.8, 4) is 0 Å². The van der Waals surface area contributed by atoms with E-state index < -0.39 is 0 Å². The molecule has 1 aliphatic rings. The Hall–Kier alpha value is -0.120. The first-order valence-corrected chi connectivity index (χ1v) is 6.26. The third kappa shape index (κ3) is 4.09. The maximum atomic E-state index is 9.63. The van der Waals surface area contributed by atoms with Gasteiger partial charge < -0.3 is 15.3 Å². The van der Waals surface area contributed by atoms with E-state index in [1.54, 1.807) is 0 Å². The van der Waals surface area contributed by atoms with E-state index in [1.165, 1.54) is 12.8 Å². The molecule has 2 N–H and O–H groups in total. The Morgan fingerprint density at radius 3 is 2.73 bits per heavy atom. The summed E-state index contributed by atoms with van der Waals surface area (Å²) in [6.45, 7) is 6.53. The molecule has 0 aromatic heterocycles. The monoisotopic (exact) mass is 214 g/mol. The standard InChI is InChI=1S/C12H26N2O/c1-4-10(2)14(3)9-8-13-11-6-5-7-12(11)15/h10-13,15H,4-9H2,1-3H3/t10?,11-,12-/m0/s1. The van der Waals surface area contributed by atoms with Crippen molar-refractivity contribution in [1.29, 1.82) is 0 Å². The second-order valence-electron chi connectivity index (χ2n) is 4.80. The number of nitrogens with one attached hydrogen (secondary N) is 1. The molecule has 15 heavy (non-hydrogen) atoms. The Kier molecular flexibility index (Phi) is 5.58. The molecule has 1 fully saturated rings. The minimum atomic E-state index is -0.112. The van der Waals surface area contributed by atoms with E-state index >= 15 is 0 Å². The Balaban J connectivity index is 2.10. The van der Waals surface area contributed by atoms with Crippen LogP contribution in [0, 0.1) is 0 Å². The zero-order chi connectivity index (χ0) is 11.3. The van der Waals surface area contributed by atoms with E-state index in [1.807, 2.05) is 0 Å². The number of aliphatic hydroxyl groups is 1. The predicted molar refractivity (Wildman–Crippen MR) is 64.0 cm³/mol. The van der Waals surface area contributed by atoms with Gasteiger partial charge in [-0.1, -0.05) is 6.92 Å². The average Bonchev–Trinajstić information content (AvgIpc) is 2.63. The molecule has 3 heteroatoms. The van der Waals surface area contributed by atoms with Crippen molar-refractivity contribution in [2.45, 2.75) is 57.7 Å². The van der Waals surface area contributed by atoms with Gasteiger partial charge in [-0.3, -0.25) is 0 Å². The summed E-state index contributed by atoms with van der Waals surface area (Å²) in [5.41, 5.74) is 0. The highest BCUT2D eigenvalue weighted by atomic mass is 16.3. The van der Waals surface area contributed by atoms with Gasteiger partial charge in [0.1, 0.15) is 0 Å². The van der Waals surface area contributed by atoms with Gasteiger partial charge in [0.2, 0.25) is 0 Å². The van der Waals surface area contributed by atoms with Crippen LogP contribution < -0.4 is 5.32 Å². The summed E-state index contributed by atoms with van der Waals surface area (Å²) in [5.74, 6) is 0. The summed E-state index contributed by atoms with van der Waals surface area (Å²) >= 11 is 0. The van der Waals surface area contributed by atoms with Crippen molar-refractivity contribution in [1.82, 2.24) is 10.2 Å². The molecule has 0 aliphatic heterocycles. The summed E-state index contributed by atoms with van der Waals surface area (Å²) in [7, 11) is 2.17. The van der Waals surface area contributed by atoms with Crippen molar-refractivity contribution in [3.63, 3.8) is 0 Å². The smallest absolute Gasteiger partial charge is 0.0693 e. The van der Waals surface area contributed by atoms with Gasteiger partial charge in [0.15, 0.2) is 0 Å². The Morgan fingerprint density at radius 1 is 1.47 bits per heavy atom. The zero-order valence-corrected chi connectivity index (χ0v) is 10.4. The SMILES string of the molecule is CCC(C)N(C)CCN[C@H]1CCC[C@@H]1O. The number of aliphatic hydroxyl groups excluding tert-OH is 1. The summed E-state index contributed by atoms with van der Waals surface area (Å²) in [5, 5.41) is 13.1. The van der Waals surface area contributed by atoms with Gasteiger partial charge in [-0.05, 0) is 39.7 Å². The average molecular weight is 214 g/mol. The van der Waals surface area contributed by atoms with Crippen LogP contribution in [0.3, 0.4) is 0 Å².